The van der Waals surface area contributed by atoms with Crippen LogP contribution in [-0.4, -0.2) is 38.0 Å². The van der Waals surface area contributed by atoms with E-state index in [-0.39, 0.29) is 17.4 Å². The highest BCUT2D eigenvalue weighted by molar-refractivity contribution is 7.84. The quantitative estimate of drug-likeness (QED) is 0.497. The van der Waals surface area contributed by atoms with Crippen LogP contribution < -0.4 is 19.5 Å². The van der Waals surface area contributed by atoms with Crippen molar-refractivity contribution < 1.29 is 27.6 Å². The lowest BCUT2D eigenvalue weighted by Crippen LogP contribution is -2.25. The molecule has 0 aliphatic rings. The van der Waals surface area contributed by atoms with Crippen LogP contribution in [0.1, 0.15) is 27.4 Å². The number of aryl methyl sites for hydroxylation is 1. The van der Waals surface area contributed by atoms with Crippen molar-refractivity contribution >= 4 is 16.7 Å². The molecule has 0 aliphatic heterocycles. The van der Waals surface area contributed by atoms with Gasteiger partial charge in [-0.15, -0.1) is 0 Å². The minimum atomic E-state index is -1.25. The second-order valence-corrected chi connectivity index (χ2v) is 8.44. The first-order valence-corrected chi connectivity index (χ1v) is 11.4. The Balaban J connectivity index is 1.59. The number of carbonyl (C=O) groups is 1. The largest absolute Gasteiger partial charge is 0.493 e. The fourth-order valence-electron chi connectivity index (χ4n) is 3.35. The lowest BCUT2D eigenvalue weighted by molar-refractivity contribution is 0.0925. The van der Waals surface area contributed by atoms with Gasteiger partial charge in [-0.25, -0.2) is 0 Å². The summed E-state index contributed by atoms with van der Waals surface area (Å²) in [7, 11) is 3.42. The second kappa shape index (κ2) is 10.9. The minimum Gasteiger partial charge on any atom is -0.493 e. The molecular weight excluding hydrogens is 430 g/mol. The van der Waals surface area contributed by atoms with Crippen molar-refractivity contribution in [2.24, 2.45) is 0 Å². The van der Waals surface area contributed by atoms with E-state index in [1.165, 1.54) is 0 Å². The zero-order valence-electron chi connectivity index (χ0n) is 18.6. The highest BCUT2D eigenvalue weighted by Crippen LogP contribution is 2.39. The summed E-state index contributed by atoms with van der Waals surface area (Å²) in [6.45, 7) is 2.29. The predicted molar refractivity (Wildman–Crippen MR) is 122 cm³/mol. The van der Waals surface area contributed by atoms with Crippen molar-refractivity contribution in [3.05, 3.63) is 71.2 Å². The molecule has 0 aliphatic carbocycles. The molecule has 0 fully saturated rings. The van der Waals surface area contributed by atoms with E-state index in [0.29, 0.717) is 36.0 Å². The molecule has 1 N–H and O–H groups in total. The maximum atomic E-state index is 12.6. The Hall–Kier alpha value is -3.26. The first-order valence-electron chi connectivity index (χ1n) is 10.1. The number of nitrogens with one attached hydrogen (secondary N) is 1. The Morgan fingerprint density at radius 2 is 1.72 bits per heavy atom. The van der Waals surface area contributed by atoms with Crippen molar-refractivity contribution in [2.45, 2.75) is 24.0 Å². The van der Waals surface area contributed by atoms with E-state index in [1.54, 1.807) is 39.5 Å². The van der Waals surface area contributed by atoms with E-state index in [0.717, 1.165) is 16.0 Å². The number of rotatable bonds is 10. The lowest BCUT2D eigenvalue weighted by atomic mass is 10.1. The van der Waals surface area contributed by atoms with Crippen molar-refractivity contribution in [3.8, 4) is 17.2 Å². The van der Waals surface area contributed by atoms with Gasteiger partial charge in [0.2, 0.25) is 5.75 Å². The number of benzene rings is 2. The van der Waals surface area contributed by atoms with Crippen LogP contribution in [0.15, 0.2) is 57.8 Å². The van der Waals surface area contributed by atoms with Gasteiger partial charge < -0.3 is 23.9 Å². The molecule has 0 spiro atoms. The molecule has 0 radical (unpaired) electrons. The average Bonchev–Trinajstić information content (AvgIpc) is 3.27. The smallest absolute Gasteiger partial charge is 0.287 e. The Morgan fingerprint density at radius 3 is 2.41 bits per heavy atom. The SMILES string of the molecule is COc1ccc(CCNC(=O)c2ccc(C[S@](=O)c3ccccc3C)o2)c(OC)c1OC. The van der Waals surface area contributed by atoms with Crippen molar-refractivity contribution in [1.82, 2.24) is 5.32 Å². The van der Waals surface area contributed by atoms with E-state index in [2.05, 4.69) is 5.32 Å². The molecule has 2 aromatic carbocycles. The molecule has 0 bridgehead atoms. The van der Waals surface area contributed by atoms with E-state index in [4.69, 9.17) is 18.6 Å². The molecule has 8 heteroatoms. The van der Waals surface area contributed by atoms with Gasteiger partial charge in [0.05, 0.1) is 37.9 Å². The monoisotopic (exact) mass is 457 g/mol. The van der Waals surface area contributed by atoms with Gasteiger partial charge >= 0.3 is 0 Å². The van der Waals surface area contributed by atoms with Crippen LogP contribution in [0, 0.1) is 6.92 Å². The summed E-state index contributed by atoms with van der Waals surface area (Å²) in [5.74, 6) is 2.21. The number of furan rings is 1. The highest BCUT2D eigenvalue weighted by Gasteiger charge is 2.17. The van der Waals surface area contributed by atoms with Gasteiger partial charge in [0, 0.05) is 17.0 Å². The van der Waals surface area contributed by atoms with Gasteiger partial charge in [-0.3, -0.25) is 9.00 Å². The lowest BCUT2D eigenvalue weighted by Gasteiger charge is -2.15. The van der Waals surface area contributed by atoms with E-state index in [1.807, 2.05) is 37.3 Å². The number of methoxy groups -OCH3 is 3. The molecule has 3 aromatic rings. The van der Waals surface area contributed by atoms with Gasteiger partial charge in [0.1, 0.15) is 5.76 Å². The minimum absolute atomic E-state index is 0.182. The Bertz CT molecular complexity index is 1110. The summed E-state index contributed by atoms with van der Waals surface area (Å²) >= 11 is 0. The van der Waals surface area contributed by atoms with Gasteiger partial charge in [-0.1, -0.05) is 24.3 Å². The molecule has 1 heterocycles. The normalized spacial score (nSPS) is 11.6. The molecule has 3 rings (SSSR count). The average molecular weight is 458 g/mol. The van der Waals surface area contributed by atoms with E-state index in [9.17, 15) is 9.00 Å². The van der Waals surface area contributed by atoms with Crippen LogP contribution in [0.4, 0.5) is 0 Å². The van der Waals surface area contributed by atoms with Crippen LogP contribution >= 0.6 is 0 Å². The topological polar surface area (TPSA) is 87.0 Å². The molecule has 0 saturated carbocycles. The van der Waals surface area contributed by atoms with Crippen LogP contribution in [0.25, 0.3) is 0 Å². The Labute approximate surface area is 190 Å². The molecule has 1 atom stereocenters. The van der Waals surface area contributed by atoms with Crippen LogP contribution in [0.3, 0.4) is 0 Å². The van der Waals surface area contributed by atoms with Crippen molar-refractivity contribution in [3.63, 3.8) is 0 Å². The summed E-state index contributed by atoms with van der Waals surface area (Å²) in [4.78, 5) is 13.2. The van der Waals surface area contributed by atoms with Gasteiger partial charge in [-0.05, 0) is 43.2 Å². The number of ether oxygens (including phenoxy) is 3. The Kier molecular flexibility index (Phi) is 7.94. The summed E-state index contributed by atoms with van der Waals surface area (Å²) in [5, 5.41) is 2.84. The van der Waals surface area contributed by atoms with Gasteiger partial charge in [0.25, 0.3) is 5.91 Å². The number of hydrogen-bond acceptors (Lipinski definition) is 6. The molecule has 170 valence electrons. The zero-order chi connectivity index (χ0) is 23.1. The number of amides is 1. The molecule has 32 heavy (non-hydrogen) atoms. The number of hydrogen-bond donors (Lipinski definition) is 1. The summed E-state index contributed by atoms with van der Waals surface area (Å²) in [6, 6.07) is 14.5. The number of carbonyl (C=O) groups excluding carboxylic acids is 1. The second-order valence-electron chi connectivity index (χ2n) is 7.02. The third kappa shape index (κ3) is 5.31. The zero-order valence-corrected chi connectivity index (χ0v) is 19.4. The van der Waals surface area contributed by atoms with Crippen molar-refractivity contribution in [2.75, 3.05) is 27.9 Å². The standard InChI is InChI=1S/C24H27NO6S/c1-16-7-5-6-8-21(16)32(27)15-18-10-12-20(31-18)24(26)25-14-13-17-9-11-19(28-2)23(30-4)22(17)29-3/h5-12H,13-15H2,1-4H3,(H,25,26)/t32-/m0/s1. The molecule has 1 aromatic heterocycles. The van der Waals surface area contributed by atoms with Crippen molar-refractivity contribution in [1.29, 1.82) is 0 Å². The highest BCUT2D eigenvalue weighted by atomic mass is 32.2. The molecule has 0 unspecified atom stereocenters. The molecular formula is C24H27NO6S. The molecule has 0 saturated heterocycles. The maximum Gasteiger partial charge on any atom is 0.287 e. The first kappa shape index (κ1) is 23.4. The summed E-state index contributed by atoms with van der Waals surface area (Å²) in [5.41, 5.74) is 1.83. The van der Waals surface area contributed by atoms with Gasteiger partial charge in [-0.2, -0.15) is 0 Å². The molecule has 1 amide bonds. The fourth-order valence-corrected chi connectivity index (χ4v) is 4.58. The maximum absolute atomic E-state index is 12.6. The summed E-state index contributed by atoms with van der Waals surface area (Å²) < 4.78 is 34.4. The fraction of sp³-hybridized carbons (Fsp3) is 0.292. The van der Waals surface area contributed by atoms with Crippen LogP contribution in [0.5, 0.6) is 17.2 Å². The summed E-state index contributed by atoms with van der Waals surface area (Å²) in [6.07, 6.45) is 0.528. The van der Waals surface area contributed by atoms with Gasteiger partial charge in [0.15, 0.2) is 17.3 Å². The van der Waals surface area contributed by atoms with E-state index < -0.39 is 10.8 Å². The molecule has 7 nitrogen and oxygen atoms in total. The third-order valence-corrected chi connectivity index (χ3v) is 6.46. The van der Waals surface area contributed by atoms with Crippen LogP contribution in [0.2, 0.25) is 0 Å². The van der Waals surface area contributed by atoms with Crippen LogP contribution in [-0.2, 0) is 23.0 Å². The third-order valence-electron chi connectivity index (χ3n) is 4.96. The van der Waals surface area contributed by atoms with E-state index >= 15 is 0 Å². The first-order chi connectivity index (χ1) is 15.5. The predicted octanol–water partition coefficient (Wildman–Crippen LogP) is 3.89. The Morgan fingerprint density at radius 1 is 0.969 bits per heavy atom.